The van der Waals surface area contributed by atoms with E-state index in [4.69, 9.17) is 0 Å². The van der Waals surface area contributed by atoms with Crippen molar-refractivity contribution in [3.05, 3.63) is 6.04 Å². The van der Waals surface area contributed by atoms with Crippen molar-refractivity contribution in [1.82, 2.24) is 5.43 Å². The summed E-state index contributed by atoms with van der Waals surface area (Å²) in [6, 6.07) is 1.12. The maximum atomic E-state index is 3.95. The van der Waals surface area contributed by atoms with E-state index >= 15 is 0 Å². The van der Waals surface area contributed by atoms with Crippen LogP contribution in [0.25, 0.3) is 0 Å². The summed E-state index contributed by atoms with van der Waals surface area (Å²) in [5.74, 6) is 0. The van der Waals surface area contributed by atoms with Crippen LogP contribution >= 0.6 is 0 Å². The maximum Gasteiger partial charge on any atom is 0.0731 e. The first-order valence-electron chi connectivity index (χ1n) is 2.70. The van der Waals surface area contributed by atoms with Gasteiger partial charge in [0.15, 0.2) is 0 Å². The molecule has 2 nitrogen and oxygen atoms in total. The highest BCUT2D eigenvalue weighted by atomic mass is 15.3. The van der Waals surface area contributed by atoms with Gasteiger partial charge < -0.3 is 5.43 Å². The first kappa shape index (κ1) is 7.47. The number of hydrogen-bond acceptors (Lipinski definition) is 2. The van der Waals surface area contributed by atoms with Gasteiger partial charge in [0.2, 0.25) is 0 Å². The fourth-order valence-electron chi connectivity index (χ4n) is 0.224. The largest absolute Gasteiger partial charge is 0.302 e. The lowest BCUT2D eigenvalue weighted by Crippen LogP contribution is -2.08. The Kier molecular flexibility index (Phi) is 3.24. The van der Waals surface area contributed by atoms with Gasteiger partial charge in [0.25, 0.3) is 0 Å². The number of nitrogens with one attached hydrogen (secondary N) is 1. The summed E-state index contributed by atoms with van der Waals surface area (Å²) in [6.07, 6.45) is 0. The molecule has 0 saturated carbocycles. The van der Waals surface area contributed by atoms with Crippen LogP contribution in [0.15, 0.2) is 5.10 Å². The van der Waals surface area contributed by atoms with E-state index in [1.54, 1.807) is 0 Å². The Morgan fingerprint density at radius 2 is 1.62 bits per heavy atom. The molecule has 8 heavy (non-hydrogen) atoms. The van der Waals surface area contributed by atoms with E-state index in [-0.39, 0.29) is 0 Å². The molecule has 0 aromatic carbocycles. The van der Waals surface area contributed by atoms with E-state index < -0.39 is 0 Å². The average Bonchev–Trinajstić information content (AvgIpc) is 1.61. The Balaban J connectivity index is 3.29. The summed E-state index contributed by atoms with van der Waals surface area (Å²) < 4.78 is 0. The highest BCUT2D eigenvalue weighted by molar-refractivity contribution is 5.78. The highest BCUT2D eigenvalue weighted by Crippen LogP contribution is 1.85. The van der Waals surface area contributed by atoms with Crippen molar-refractivity contribution in [2.24, 2.45) is 5.10 Å². The lowest BCUT2D eigenvalue weighted by Gasteiger charge is -2.00. The Labute approximate surface area is 51.0 Å². The zero-order valence-electron chi connectivity index (χ0n) is 5.95. The molecule has 0 aliphatic rings. The summed E-state index contributed by atoms with van der Waals surface area (Å²) in [4.78, 5) is 0. The Morgan fingerprint density at radius 3 is 1.75 bits per heavy atom. The summed E-state index contributed by atoms with van der Waals surface area (Å²) in [6.45, 7) is 7.87. The SMILES string of the molecule is C[C](C)NN=C(C)C. The van der Waals surface area contributed by atoms with E-state index in [0.29, 0.717) is 0 Å². The molecular formula is C6H13N2. The van der Waals surface area contributed by atoms with Crippen LogP contribution in [0.1, 0.15) is 27.7 Å². The maximum absolute atomic E-state index is 3.95. The first-order valence-corrected chi connectivity index (χ1v) is 2.70. The molecule has 0 aromatic heterocycles. The Bertz CT molecular complexity index is 80.5. The van der Waals surface area contributed by atoms with Crippen molar-refractivity contribution in [2.75, 3.05) is 0 Å². The molecule has 0 heterocycles. The lowest BCUT2D eigenvalue weighted by molar-refractivity contribution is 0.761. The fourth-order valence-corrected chi connectivity index (χ4v) is 0.224. The molecule has 0 fully saturated rings. The zero-order valence-corrected chi connectivity index (χ0v) is 5.95. The zero-order chi connectivity index (χ0) is 6.57. The summed E-state index contributed by atoms with van der Waals surface area (Å²) in [7, 11) is 0. The number of rotatable bonds is 2. The minimum absolute atomic E-state index is 1.05. The quantitative estimate of drug-likeness (QED) is 0.426. The Hall–Kier alpha value is -0.530. The predicted molar refractivity (Wildman–Crippen MR) is 36.5 cm³/mol. The molecule has 0 bridgehead atoms. The van der Waals surface area contributed by atoms with Crippen molar-refractivity contribution in [3.63, 3.8) is 0 Å². The van der Waals surface area contributed by atoms with Gasteiger partial charge in [-0.05, 0) is 27.7 Å². The van der Waals surface area contributed by atoms with Crippen molar-refractivity contribution in [3.8, 4) is 0 Å². The van der Waals surface area contributed by atoms with Gasteiger partial charge in [0, 0.05) is 5.71 Å². The average molecular weight is 113 g/mol. The molecule has 0 unspecified atom stereocenters. The second kappa shape index (κ2) is 3.47. The molecule has 0 atom stereocenters. The molecule has 0 amide bonds. The van der Waals surface area contributed by atoms with Crippen molar-refractivity contribution in [1.29, 1.82) is 0 Å². The molecule has 2 heteroatoms. The minimum atomic E-state index is 1.05. The van der Waals surface area contributed by atoms with Crippen molar-refractivity contribution >= 4 is 5.71 Å². The minimum Gasteiger partial charge on any atom is -0.302 e. The van der Waals surface area contributed by atoms with E-state index in [0.717, 1.165) is 11.8 Å². The molecule has 0 rings (SSSR count). The standard InChI is InChI=1S/C6H13N2/c1-5(2)7-8-6(3)4/h7H,1-4H3. The van der Waals surface area contributed by atoms with Gasteiger partial charge in [-0.2, -0.15) is 5.10 Å². The third-order valence-electron chi connectivity index (χ3n) is 0.503. The van der Waals surface area contributed by atoms with Gasteiger partial charge in [0.05, 0.1) is 6.04 Å². The van der Waals surface area contributed by atoms with Crippen LogP contribution in [0.4, 0.5) is 0 Å². The number of hydrogen-bond donors (Lipinski definition) is 1. The molecule has 1 radical (unpaired) electrons. The highest BCUT2D eigenvalue weighted by Gasteiger charge is 1.85. The third kappa shape index (κ3) is 5.47. The first-order chi connectivity index (χ1) is 3.63. The number of hydrazone groups is 1. The normalized spacial score (nSPS) is 9.12. The van der Waals surface area contributed by atoms with Crippen LogP contribution in [0.3, 0.4) is 0 Å². The van der Waals surface area contributed by atoms with E-state index in [1.807, 2.05) is 27.7 Å². The Morgan fingerprint density at radius 1 is 1.12 bits per heavy atom. The second-order valence-electron chi connectivity index (χ2n) is 2.17. The van der Waals surface area contributed by atoms with Crippen LogP contribution in [-0.2, 0) is 0 Å². The van der Waals surface area contributed by atoms with Crippen LogP contribution < -0.4 is 5.43 Å². The molecular weight excluding hydrogens is 100 g/mol. The predicted octanol–water partition coefficient (Wildman–Crippen LogP) is 1.54. The smallest absolute Gasteiger partial charge is 0.0731 e. The van der Waals surface area contributed by atoms with Gasteiger partial charge in [-0.15, -0.1) is 0 Å². The summed E-state index contributed by atoms with van der Waals surface area (Å²) in [5.41, 5.74) is 3.90. The summed E-state index contributed by atoms with van der Waals surface area (Å²) >= 11 is 0. The van der Waals surface area contributed by atoms with E-state index in [2.05, 4.69) is 10.5 Å². The second-order valence-corrected chi connectivity index (χ2v) is 2.17. The summed E-state index contributed by atoms with van der Waals surface area (Å²) in [5, 5.41) is 3.95. The molecule has 47 valence electrons. The van der Waals surface area contributed by atoms with Crippen molar-refractivity contribution < 1.29 is 0 Å². The van der Waals surface area contributed by atoms with E-state index in [9.17, 15) is 0 Å². The van der Waals surface area contributed by atoms with E-state index in [1.165, 1.54) is 0 Å². The molecule has 0 saturated heterocycles. The third-order valence-corrected chi connectivity index (χ3v) is 0.503. The molecule has 0 aliphatic heterocycles. The van der Waals surface area contributed by atoms with Gasteiger partial charge in [-0.3, -0.25) is 0 Å². The van der Waals surface area contributed by atoms with Gasteiger partial charge >= 0.3 is 0 Å². The van der Waals surface area contributed by atoms with Gasteiger partial charge in [-0.1, -0.05) is 0 Å². The monoisotopic (exact) mass is 113 g/mol. The molecule has 0 aromatic rings. The van der Waals surface area contributed by atoms with Crippen molar-refractivity contribution in [2.45, 2.75) is 27.7 Å². The van der Waals surface area contributed by atoms with Crippen LogP contribution in [-0.4, -0.2) is 5.71 Å². The lowest BCUT2D eigenvalue weighted by atomic mass is 10.4. The molecule has 0 aliphatic carbocycles. The molecule has 0 spiro atoms. The van der Waals surface area contributed by atoms with Gasteiger partial charge in [0.1, 0.15) is 0 Å². The number of nitrogens with zero attached hydrogens (tertiary/aromatic N) is 1. The fraction of sp³-hybridized carbons (Fsp3) is 0.667. The van der Waals surface area contributed by atoms with Crippen LogP contribution in [0.5, 0.6) is 0 Å². The van der Waals surface area contributed by atoms with Gasteiger partial charge in [-0.25, -0.2) is 0 Å². The van der Waals surface area contributed by atoms with Crippen LogP contribution in [0.2, 0.25) is 0 Å². The molecule has 1 N–H and O–H groups in total. The topological polar surface area (TPSA) is 24.4 Å². The van der Waals surface area contributed by atoms with Crippen LogP contribution in [0, 0.1) is 6.04 Å².